The topological polar surface area (TPSA) is 62.7 Å². The largest absolute Gasteiger partial charge is 0.467 e. The van der Waals surface area contributed by atoms with Crippen LogP contribution in [0, 0.1) is 0 Å². The predicted octanol–water partition coefficient (Wildman–Crippen LogP) is 3.08. The number of aromatic nitrogens is 1. The Bertz CT molecular complexity index is 876. The highest BCUT2D eigenvalue weighted by atomic mass is 32.1. The summed E-state index contributed by atoms with van der Waals surface area (Å²) in [5, 5.41) is 1.92. The van der Waals surface area contributed by atoms with Gasteiger partial charge in [-0.15, -0.1) is 11.3 Å². The summed E-state index contributed by atoms with van der Waals surface area (Å²) in [5.41, 5.74) is -0.0332. The zero-order valence-corrected chi connectivity index (χ0v) is 16.1. The second-order valence-electron chi connectivity index (χ2n) is 6.23. The first-order valence-corrected chi connectivity index (χ1v) is 9.66. The van der Waals surface area contributed by atoms with Crippen LogP contribution in [0.2, 0.25) is 0 Å². The first kappa shape index (κ1) is 20.8. The van der Waals surface area contributed by atoms with Gasteiger partial charge in [-0.3, -0.25) is 9.59 Å². The molecule has 0 aliphatic carbocycles. The molecule has 154 valence electrons. The highest BCUT2D eigenvalue weighted by molar-refractivity contribution is 7.10. The molecule has 1 aliphatic heterocycles. The molecule has 2 aromatic rings. The highest BCUT2D eigenvalue weighted by Crippen LogP contribution is 2.22. The molecule has 1 aliphatic rings. The van der Waals surface area contributed by atoms with Gasteiger partial charge in [-0.05, 0) is 29.7 Å². The predicted molar refractivity (Wildman–Crippen MR) is 102 cm³/mol. The number of ether oxygens (including phenoxy) is 1. The van der Waals surface area contributed by atoms with Gasteiger partial charge < -0.3 is 14.5 Å². The number of carbonyl (C=O) groups is 2. The van der Waals surface area contributed by atoms with Crippen LogP contribution < -0.4 is 4.74 Å². The van der Waals surface area contributed by atoms with Crippen molar-refractivity contribution in [2.45, 2.75) is 6.18 Å². The van der Waals surface area contributed by atoms with E-state index in [1.807, 2.05) is 17.5 Å². The van der Waals surface area contributed by atoms with Crippen molar-refractivity contribution in [2.24, 2.45) is 0 Å². The number of pyridine rings is 1. The molecule has 2 aromatic heterocycles. The maximum absolute atomic E-state index is 12.7. The van der Waals surface area contributed by atoms with Gasteiger partial charge in [0.15, 0.2) is 6.61 Å². The van der Waals surface area contributed by atoms with E-state index < -0.39 is 18.7 Å². The number of carbonyl (C=O) groups excluding carboxylic acids is 2. The normalized spacial score (nSPS) is 15.0. The molecule has 0 N–H and O–H groups in total. The van der Waals surface area contributed by atoms with E-state index in [2.05, 4.69) is 9.72 Å². The van der Waals surface area contributed by atoms with E-state index in [1.165, 1.54) is 40.6 Å². The van der Waals surface area contributed by atoms with Crippen LogP contribution in [-0.2, 0) is 4.79 Å². The molecule has 0 saturated carbocycles. The maximum atomic E-state index is 12.7. The molecule has 0 unspecified atom stereocenters. The van der Waals surface area contributed by atoms with Gasteiger partial charge in [0.25, 0.3) is 5.91 Å². The summed E-state index contributed by atoms with van der Waals surface area (Å²) in [6.07, 6.45) is -0.0303. The van der Waals surface area contributed by atoms with Crippen LogP contribution in [0.1, 0.15) is 15.2 Å². The number of hydrogen-bond acceptors (Lipinski definition) is 5. The summed E-state index contributed by atoms with van der Waals surface area (Å²) in [6.45, 7) is -0.324. The minimum absolute atomic E-state index is 0.0332. The molecule has 0 bridgehead atoms. The molecule has 0 aromatic carbocycles. The zero-order chi connectivity index (χ0) is 20.9. The van der Waals surface area contributed by atoms with Crippen molar-refractivity contribution < 1.29 is 27.5 Å². The third kappa shape index (κ3) is 5.80. The Kier molecular flexibility index (Phi) is 6.53. The lowest BCUT2D eigenvalue weighted by Crippen LogP contribution is -2.50. The maximum Gasteiger partial charge on any atom is 0.422 e. The zero-order valence-electron chi connectivity index (χ0n) is 15.3. The lowest BCUT2D eigenvalue weighted by Gasteiger charge is -2.34. The van der Waals surface area contributed by atoms with Crippen molar-refractivity contribution >= 4 is 29.2 Å². The molecule has 10 heteroatoms. The Morgan fingerprint density at radius 3 is 2.52 bits per heavy atom. The van der Waals surface area contributed by atoms with Crippen molar-refractivity contribution in [3.63, 3.8) is 0 Å². The molecular weight excluding hydrogens is 407 g/mol. The van der Waals surface area contributed by atoms with Gasteiger partial charge in [0.2, 0.25) is 11.8 Å². The Labute approximate surface area is 169 Å². The van der Waals surface area contributed by atoms with Crippen molar-refractivity contribution in [2.75, 3.05) is 32.8 Å². The monoisotopic (exact) mass is 425 g/mol. The fourth-order valence-corrected chi connectivity index (χ4v) is 3.38. The third-order valence-electron chi connectivity index (χ3n) is 4.19. The SMILES string of the molecule is O=C(/C=C\c1cccs1)N1CCN(C(=O)c2cccnc2OCC(F)(F)F)CC1. The molecule has 29 heavy (non-hydrogen) atoms. The van der Waals surface area contributed by atoms with E-state index >= 15 is 0 Å². The van der Waals surface area contributed by atoms with Crippen LogP contribution in [0.3, 0.4) is 0 Å². The van der Waals surface area contributed by atoms with Gasteiger partial charge in [-0.25, -0.2) is 4.98 Å². The molecule has 1 fully saturated rings. The molecule has 3 rings (SSSR count). The summed E-state index contributed by atoms with van der Waals surface area (Å²) < 4.78 is 41.9. The summed E-state index contributed by atoms with van der Waals surface area (Å²) in [6, 6.07) is 6.63. The van der Waals surface area contributed by atoms with E-state index in [9.17, 15) is 22.8 Å². The van der Waals surface area contributed by atoms with E-state index in [0.29, 0.717) is 13.1 Å². The van der Waals surface area contributed by atoms with E-state index in [1.54, 1.807) is 11.0 Å². The molecule has 0 atom stereocenters. The van der Waals surface area contributed by atoms with Crippen LogP contribution in [0.4, 0.5) is 13.2 Å². The second kappa shape index (κ2) is 9.08. The number of nitrogens with zero attached hydrogens (tertiary/aromatic N) is 3. The third-order valence-corrected chi connectivity index (χ3v) is 5.02. The van der Waals surface area contributed by atoms with Crippen LogP contribution in [0.15, 0.2) is 41.9 Å². The number of hydrogen-bond donors (Lipinski definition) is 0. The Morgan fingerprint density at radius 2 is 1.86 bits per heavy atom. The van der Waals surface area contributed by atoms with Gasteiger partial charge in [-0.2, -0.15) is 13.2 Å². The Hall–Kier alpha value is -2.88. The first-order chi connectivity index (χ1) is 13.8. The summed E-state index contributed by atoms with van der Waals surface area (Å²) >= 11 is 1.52. The molecule has 2 amide bonds. The molecule has 6 nitrogen and oxygen atoms in total. The quantitative estimate of drug-likeness (QED) is 0.691. The number of rotatable bonds is 5. The Balaban J connectivity index is 1.58. The van der Waals surface area contributed by atoms with Crippen LogP contribution >= 0.6 is 11.3 Å². The number of piperazine rings is 1. The van der Waals surface area contributed by atoms with Gasteiger partial charge in [0, 0.05) is 43.3 Å². The average molecular weight is 425 g/mol. The van der Waals surface area contributed by atoms with Crippen LogP contribution in [0.25, 0.3) is 6.08 Å². The standard InChI is InChI=1S/C19H18F3N3O3S/c20-19(21,22)13-28-17-15(4-1-7-23-17)18(27)25-10-8-24(9-11-25)16(26)6-5-14-3-2-12-29-14/h1-7,12H,8-11,13H2/b6-5-. The lowest BCUT2D eigenvalue weighted by atomic mass is 10.2. The number of thiophene rings is 1. The fourth-order valence-electron chi connectivity index (χ4n) is 2.76. The number of halogens is 3. The van der Waals surface area contributed by atoms with Crippen LogP contribution in [-0.4, -0.2) is 65.6 Å². The number of alkyl halides is 3. The van der Waals surface area contributed by atoms with Gasteiger partial charge >= 0.3 is 6.18 Å². The van der Waals surface area contributed by atoms with Crippen LogP contribution in [0.5, 0.6) is 5.88 Å². The van der Waals surface area contributed by atoms with E-state index in [4.69, 9.17) is 0 Å². The van der Waals surface area contributed by atoms with E-state index in [0.717, 1.165) is 4.88 Å². The van der Waals surface area contributed by atoms with Gasteiger partial charge in [-0.1, -0.05) is 6.07 Å². The molecule has 1 saturated heterocycles. The van der Waals surface area contributed by atoms with Gasteiger partial charge in [0.1, 0.15) is 5.56 Å². The fraction of sp³-hybridized carbons (Fsp3) is 0.316. The minimum Gasteiger partial charge on any atom is -0.467 e. The van der Waals surface area contributed by atoms with Crippen molar-refractivity contribution in [1.82, 2.24) is 14.8 Å². The smallest absolute Gasteiger partial charge is 0.422 e. The molecule has 0 radical (unpaired) electrons. The first-order valence-electron chi connectivity index (χ1n) is 8.78. The molecule has 0 spiro atoms. The van der Waals surface area contributed by atoms with E-state index in [-0.39, 0.29) is 30.4 Å². The lowest BCUT2D eigenvalue weighted by molar-refractivity contribution is -0.154. The number of amides is 2. The summed E-state index contributed by atoms with van der Waals surface area (Å²) in [5.74, 6) is -0.982. The van der Waals surface area contributed by atoms with Gasteiger partial charge in [0.05, 0.1) is 0 Å². The van der Waals surface area contributed by atoms with Crippen molar-refractivity contribution in [3.05, 3.63) is 52.4 Å². The average Bonchev–Trinajstić information content (AvgIpc) is 3.23. The molecule has 3 heterocycles. The highest BCUT2D eigenvalue weighted by Gasteiger charge is 2.31. The van der Waals surface area contributed by atoms with Crippen molar-refractivity contribution in [1.29, 1.82) is 0 Å². The minimum atomic E-state index is -4.53. The second-order valence-corrected chi connectivity index (χ2v) is 7.21. The molecular formula is C19H18F3N3O3S. The van der Waals surface area contributed by atoms with Crippen molar-refractivity contribution in [3.8, 4) is 5.88 Å². The summed E-state index contributed by atoms with van der Waals surface area (Å²) in [4.78, 5) is 32.8. The Morgan fingerprint density at radius 1 is 1.14 bits per heavy atom. The summed E-state index contributed by atoms with van der Waals surface area (Å²) in [7, 11) is 0.